The van der Waals surface area contributed by atoms with Crippen LogP contribution in [0.4, 0.5) is 0 Å². The van der Waals surface area contributed by atoms with Gasteiger partial charge in [-0.15, -0.1) is 0 Å². The lowest BCUT2D eigenvalue weighted by Crippen LogP contribution is -2.69. The molecular weight excluding hydrogens is 334 g/mol. The van der Waals surface area contributed by atoms with Gasteiger partial charge in [0, 0.05) is 12.5 Å². The first-order valence-corrected chi connectivity index (χ1v) is 9.12. The summed E-state index contributed by atoms with van der Waals surface area (Å²) in [5, 5.41) is 0. The van der Waals surface area contributed by atoms with Crippen LogP contribution in [0.2, 0.25) is 0 Å². The Kier molecular flexibility index (Phi) is 3.19. The van der Waals surface area contributed by atoms with Crippen LogP contribution >= 0.6 is 0 Å². The molecule has 1 aromatic carbocycles. The molecule has 0 amide bonds. The average Bonchev–Trinajstić information content (AvgIpc) is 2.94. The quantitative estimate of drug-likeness (QED) is 0.505. The van der Waals surface area contributed by atoms with E-state index in [1.165, 1.54) is 6.92 Å². The molecule has 1 spiro atoms. The van der Waals surface area contributed by atoms with Crippen molar-refractivity contribution in [1.82, 2.24) is 0 Å². The molecule has 26 heavy (non-hydrogen) atoms. The van der Waals surface area contributed by atoms with Crippen molar-refractivity contribution < 1.29 is 23.8 Å². The SMILES string of the molecule is CC(=O)Oc1ccc2c3c1O[C@H]1C(=O)C=C[C@@]4(OCN)[C@H](CCC[C@]314)C2. The van der Waals surface area contributed by atoms with Crippen molar-refractivity contribution in [2.24, 2.45) is 11.7 Å². The van der Waals surface area contributed by atoms with Crippen LogP contribution in [0, 0.1) is 5.92 Å². The molecule has 1 fully saturated rings. The molecule has 6 nitrogen and oxygen atoms in total. The van der Waals surface area contributed by atoms with Crippen LogP contribution in [0.25, 0.3) is 0 Å². The molecule has 0 radical (unpaired) electrons. The first-order valence-electron chi connectivity index (χ1n) is 9.12. The Balaban J connectivity index is 1.82. The Morgan fingerprint density at radius 3 is 3.04 bits per heavy atom. The number of carbonyl (C=O) groups is 2. The third kappa shape index (κ3) is 1.69. The van der Waals surface area contributed by atoms with Crippen molar-refractivity contribution in [3.8, 4) is 11.5 Å². The summed E-state index contributed by atoms with van der Waals surface area (Å²) in [4.78, 5) is 24.3. The zero-order valence-electron chi connectivity index (χ0n) is 14.6. The minimum atomic E-state index is -0.660. The molecule has 2 N–H and O–H groups in total. The van der Waals surface area contributed by atoms with E-state index in [1.54, 1.807) is 12.1 Å². The molecule has 0 aromatic heterocycles. The fourth-order valence-corrected chi connectivity index (χ4v) is 5.85. The summed E-state index contributed by atoms with van der Waals surface area (Å²) in [7, 11) is 0. The van der Waals surface area contributed by atoms with Crippen molar-refractivity contribution in [2.45, 2.75) is 49.7 Å². The van der Waals surface area contributed by atoms with E-state index in [1.807, 2.05) is 12.1 Å². The number of hydrogen-bond donors (Lipinski definition) is 1. The zero-order valence-corrected chi connectivity index (χ0v) is 14.6. The fourth-order valence-electron chi connectivity index (χ4n) is 5.85. The molecule has 0 unspecified atom stereocenters. The zero-order chi connectivity index (χ0) is 18.1. The Labute approximate surface area is 151 Å². The predicted molar refractivity (Wildman–Crippen MR) is 91.9 cm³/mol. The molecule has 4 aliphatic rings. The largest absolute Gasteiger partial charge is 0.477 e. The van der Waals surface area contributed by atoms with Crippen LogP contribution in [-0.2, 0) is 26.2 Å². The average molecular weight is 355 g/mol. The van der Waals surface area contributed by atoms with Gasteiger partial charge in [0.1, 0.15) is 5.60 Å². The van der Waals surface area contributed by atoms with Crippen molar-refractivity contribution in [3.05, 3.63) is 35.4 Å². The van der Waals surface area contributed by atoms with Gasteiger partial charge in [0.05, 0.1) is 12.1 Å². The van der Waals surface area contributed by atoms with Gasteiger partial charge in [-0.05, 0) is 49.0 Å². The fraction of sp³-hybridized carbons (Fsp3) is 0.500. The lowest BCUT2D eigenvalue weighted by molar-refractivity contribution is -0.164. The molecule has 2 bridgehead atoms. The molecule has 0 saturated heterocycles. The minimum Gasteiger partial charge on any atom is -0.477 e. The van der Waals surface area contributed by atoms with Crippen LogP contribution in [-0.4, -0.2) is 30.2 Å². The number of benzene rings is 1. The number of esters is 1. The summed E-state index contributed by atoms with van der Waals surface area (Å²) in [6.07, 6.45) is 6.48. The van der Waals surface area contributed by atoms with E-state index < -0.39 is 23.1 Å². The third-order valence-corrected chi connectivity index (χ3v) is 6.56. The van der Waals surface area contributed by atoms with Gasteiger partial charge >= 0.3 is 5.97 Å². The van der Waals surface area contributed by atoms with E-state index in [2.05, 4.69) is 0 Å². The number of ether oxygens (including phenoxy) is 3. The maximum absolute atomic E-state index is 12.8. The van der Waals surface area contributed by atoms with Gasteiger partial charge in [-0.2, -0.15) is 0 Å². The van der Waals surface area contributed by atoms with E-state index in [-0.39, 0.29) is 18.4 Å². The first kappa shape index (κ1) is 16.0. The highest BCUT2D eigenvalue weighted by atomic mass is 16.6. The summed E-state index contributed by atoms with van der Waals surface area (Å²) in [5.41, 5.74) is 6.71. The topological polar surface area (TPSA) is 87.8 Å². The second kappa shape index (κ2) is 5.18. The summed E-state index contributed by atoms with van der Waals surface area (Å²) in [6.45, 7) is 1.44. The van der Waals surface area contributed by atoms with E-state index >= 15 is 0 Å². The van der Waals surface area contributed by atoms with Gasteiger partial charge in [0.25, 0.3) is 0 Å². The molecule has 4 atom stereocenters. The lowest BCUT2D eigenvalue weighted by Gasteiger charge is -2.59. The Hall–Kier alpha value is -2.18. The third-order valence-electron chi connectivity index (χ3n) is 6.56. The van der Waals surface area contributed by atoms with Crippen molar-refractivity contribution in [2.75, 3.05) is 6.73 Å². The molecular formula is C20H21NO5. The smallest absolute Gasteiger partial charge is 0.308 e. The number of carbonyl (C=O) groups excluding carboxylic acids is 2. The van der Waals surface area contributed by atoms with E-state index in [0.29, 0.717) is 11.5 Å². The van der Waals surface area contributed by atoms with Gasteiger partial charge < -0.3 is 19.9 Å². The molecule has 1 aliphatic heterocycles. The van der Waals surface area contributed by atoms with Gasteiger partial charge in [-0.25, -0.2) is 0 Å². The van der Waals surface area contributed by atoms with Gasteiger partial charge in [0.15, 0.2) is 23.4 Å². The highest BCUT2D eigenvalue weighted by molar-refractivity contribution is 5.99. The maximum atomic E-state index is 12.8. The number of rotatable bonds is 3. The molecule has 1 aromatic rings. The molecule has 1 saturated carbocycles. The summed E-state index contributed by atoms with van der Waals surface area (Å²) in [6, 6.07) is 3.77. The highest BCUT2D eigenvalue weighted by Crippen LogP contribution is 2.66. The van der Waals surface area contributed by atoms with Gasteiger partial charge in [-0.3, -0.25) is 9.59 Å². The Morgan fingerprint density at radius 1 is 1.42 bits per heavy atom. The summed E-state index contributed by atoms with van der Waals surface area (Å²) >= 11 is 0. The number of nitrogens with two attached hydrogens (primary N) is 1. The molecule has 6 heteroatoms. The number of ketones is 1. The Bertz CT molecular complexity index is 862. The summed E-state index contributed by atoms with van der Waals surface area (Å²) in [5.74, 6) is 0.653. The normalized spacial score (nSPS) is 35.7. The standard InChI is InChI=1S/C20H21NO5/c1-11(22)25-15-5-4-12-9-13-3-2-7-19-16(12)17(15)26-18(19)14(23)6-8-20(13,19)24-10-21/h4-6,8,13,18H,2-3,7,9-10,21H2,1H3/t13-,18+,19+,20-/m1/s1. The van der Waals surface area contributed by atoms with Crippen LogP contribution < -0.4 is 15.2 Å². The van der Waals surface area contributed by atoms with Gasteiger partial charge in [0.2, 0.25) is 0 Å². The summed E-state index contributed by atoms with van der Waals surface area (Å²) < 4.78 is 17.8. The monoisotopic (exact) mass is 355 g/mol. The second-order valence-corrected chi connectivity index (χ2v) is 7.62. The van der Waals surface area contributed by atoms with E-state index in [4.69, 9.17) is 19.9 Å². The second-order valence-electron chi connectivity index (χ2n) is 7.62. The minimum absolute atomic E-state index is 0.0697. The Morgan fingerprint density at radius 2 is 2.27 bits per heavy atom. The van der Waals surface area contributed by atoms with E-state index in [9.17, 15) is 9.59 Å². The van der Waals surface area contributed by atoms with Crippen LogP contribution in [0.1, 0.15) is 37.3 Å². The molecule has 136 valence electrons. The van der Waals surface area contributed by atoms with E-state index in [0.717, 1.165) is 36.8 Å². The predicted octanol–water partition coefficient (Wildman–Crippen LogP) is 1.78. The molecule has 3 aliphatic carbocycles. The highest BCUT2D eigenvalue weighted by Gasteiger charge is 2.71. The van der Waals surface area contributed by atoms with Crippen molar-refractivity contribution in [3.63, 3.8) is 0 Å². The number of hydrogen-bond acceptors (Lipinski definition) is 6. The maximum Gasteiger partial charge on any atom is 0.308 e. The van der Waals surface area contributed by atoms with Crippen molar-refractivity contribution in [1.29, 1.82) is 0 Å². The lowest BCUT2D eigenvalue weighted by atomic mass is 9.47. The van der Waals surface area contributed by atoms with Crippen LogP contribution in [0.3, 0.4) is 0 Å². The molecule has 1 heterocycles. The van der Waals surface area contributed by atoms with Crippen LogP contribution in [0.15, 0.2) is 24.3 Å². The van der Waals surface area contributed by atoms with Crippen LogP contribution in [0.5, 0.6) is 11.5 Å². The van der Waals surface area contributed by atoms with Gasteiger partial charge in [-0.1, -0.05) is 12.5 Å². The molecule has 5 rings (SSSR count). The first-order chi connectivity index (χ1) is 12.5. The van der Waals surface area contributed by atoms with Crippen molar-refractivity contribution >= 4 is 11.8 Å².